The maximum Gasteiger partial charge on any atom is 0.321 e. The second-order valence-corrected chi connectivity index (χ2v) is 5.07. The van der Waals surface area contributed by atoms with Gasteiger partial charge in [-0.05, 0) is 22.0 Å². The minimum atomic E-state index is -1.17. The summed E-state index contributed by atoms with van der Waals surface area (Å²) in [6.07, 6.45) is -0.206. The number of carboxylic acid groups (broad SMARTS) is 1. The number of carboxylic acids is 1. The number of halogens is 1. The molecule has 0 spiro atoms. The van der Waals surface area contributed by atoms with Crippen LogP contribution in [0.2, 0.25) is 0 Å². The summed E-state index contributed by atoms with van der Waals surface area (Å²) < 4.78 is 0.962. The Morgan fingerprint density at radius 1 is 1.62 bits per heavy atom. The molecule has 1 aromatic rings. The predicted octanol–water partition coefficient (Wildman–Crippen LogP) is 0.929. The largest absolute Gasteiger partial charge is 0.480 e. The first-order valence-corrected chi connectivity index (χ1v) is 6.14. The Bertz CT molecular complexity index is 394. The molecule has 16 heavy (non-hydrogen) atoms. The van der Waals surface area contributed by atoms with Crippen LogP contribution in [0.4, 0.5) is 0 Å². The van der Waals surface area contributed by atoms with Crippen LogP contribution >= 0.6 is 27.3 Å². The average molecular weight is 307 g/mol. The van der Waals surface area contributed by atoms with Crippen molar-refractivity contribution in [1.29, 1.82) is 0 Å². The zero-order chi connectivity index (χ0) is 12.1. The Morgan fingerprint density at radius 2 is 2.31 bits per heavy atom. The molecule has 0 aliphatic carbocycles. The SMILES string of the molecule is NC(CC(=O)NCc1cc(Br)cs1)C(=O)O. The summed E-state index contributed by atoms with van der Waals surface area (Å²) in [5, 5.41) is 13.0. The molecule has 0 fully saturated rings. The van der Waals surface area contributed by atoms with Gasteiger partial charge in [0.15, 0.2) is 0 Å². The number of nitrogens with two attached hydrogens (primary N) is 1. The van der Waals surface area contributed by atoms with Gasteiger partial charge in [-0.15, -0.1) is 11.3 Å². The molecule has 0 aromatic carbocycles. The van der Waals surface area contributed by atoms with Gasteiger partial charge >= 0.3 is 5.97 Å². The molecule has 0 aliphatic rings. The van der Waals surface area contributed by atoms with E-state index in [4.69, 9.17) is 10.8 Å². The normalized spacial score (nSPS) is 12.1. The number of hydrogen-bond donors (Lipinski definition) is 3. The van der Waals surface area contributed by atoms with Gasteiger partial charge in [0.25, 0.3) is 0 Å². The van der Waals surface area contributed by atoms with Crippen molar-refractivity contribution in [1.82, 2.24) is 5.32 Å². The lowest BCUT2D eigenvalue weighted by atomic mass is 10.2. The highest BCUT2D eigenvalue weighted by molar-refractivity contribution is 9.10. The molecule has 5 nitrogen and oxygen atoms in total. The van der Waals surface area contributed by atoms with E-state index in [9.17, 15) is 9.59 Å². The fourth-order valence-electron chi connectivity index (χ4n) is 0.991. The summed E-state index contributed by atoms with van der Waals surface area (Å²) in [5.41, 5.74) is 5.23. The molecule has 1 atom stereocenters. The van der Waals surface area contributed by atoms with Crippen LogP contribution in [0, 0.1) is 0 Å². The van der Waals surface area contributed by atoms with Crippen molar-refractivity contribution in [2.75, 3.05) is 0 Å². The third kappa shape index (κ3) is 4.30. The van der Waals surface area contributed by atoms with Crippen LogP contribution in [0.25, 0.3) is 0 Å². The molecule has 0 saturated carbocycles. The molecule has 0 aliphatic heterocycles. The highest BCUT2D eigenvalue weighted by Crippen LogP contribution is 2.19. The third-order valence-corrected chi connectivity index (χ3v) is 3.50. The summed E-state index contributed by atoms with van der Waals surface area (Å²) in [7, 11) is 0. The smallest absolute Gasteiger partial charge is 0.321 e. The topological polar surface area (TPSA) is 92.4 Å². The molecule has 1 aromatic heterocycles. The molecule has 1 unspecified atom stereocenters. The lowest BCUT2D eigenvalue weighted by Crippen LogP contribution is -2.36. The van der Waals surface area contributed by atoms with E-state index in [0.29, 0.717) is 6.54 Å². The van der Waals surface area contributed by atoms with Crippen LogP contribution in [0.1, 0.15) is 11.3 Å². The number of thiophene rings is 1. The zero-order valence-electron chi connectivity index (χ0n) is 8.27. The Hall–Kier alpha value is -0.920. The van der Waals surface area contributed by atoms with Gasteiger partial charge in [-0.2, -0.15) is 0 Å². The second kappa shape index (κ2) is 5.97. The molecule has 1 rings (SSSR count). The van der Waals surface area contributed by atoms with Crippen molar-refractivity contribution in [2.45, 2.75) is 19.0 Å². The first-order chi connectivity index (χ1) is 7.49. The van der Waals surface area contributed by atoms with Gasteiger partial charge in [0.1, 0.15) is 6.04 Å². The van der Waals surface area contributed by atoms with Crippen LogP contribution in [0.3, 0.4) is 0 Å². The third-order valence-electron chi connectivity index (χ3n) is 1.80. The zero-order valence-corrected chi connectivity index (χ0v) is 10.7. The second-order valence-electron chi connectivity index (χ2n) is 3.16. The van der Waals surface area contributed by atoms with Crippen LogP contribution in [-0.2, 0) is 16.1 Å². The Morgan fingerprint density at radius 3 is 2.81 bits per heavy atom. The average Bonchev–Trinajstić information content (AvgIpc) is 2.61. The highest BCUT2D eigenvalue weighted by Gasteiger charge is 2.15. The molecule has 88 valence electrons. The molecule has 1 heterocycles. The summed E-state index contributed by atoms with van der Waals surface area (Å²) in [4.78, 5) is 22.7. The van der Waals surface area contributed by atoms with E-state index in [1.165, 1.54) is 11.3 Å². The minimum absolute atomic E-state index is 0.206. The molecule has 4 N–H and O–H groups in total. The van der Waals surface area contributed by atoms with E-state index in [1.54, 1.807) is 0 Å². The lowest BCUT2D eigenvalue weighted by molar-refractivity contribution is -0.140. The van der Waals surface area contributed by atoms with Crippen molar-refractivity contribution in [3.8, 4) is 0 Å². The van der Waals surface area contributed by atoms with Crippen LogP contribution in [0.15, 0.2) is 15.9 Å². The quantitative estimate of drug-likeness (QED) is 0.754. The van der Waals surface area contributed by atoms with Crippen LogP contribution in [-0.4, -0.2) is 23.0 Å². The minimum Gasteiger partial charge on any atom is -0.480 e. The van der Waals surface area contributed by atoms with Gasteiger partial charge in [0, 0.05) is 14.7 Å². The van der Waals surface area contributed by atoms with Gasteiger partial charge in [-0.25, -0.2) is 0 Å². The van der Waals surface area contributed by atoms with Gasteiger partial charge < -0.3 is 16.2 Å². The van der Waals surface area contributed by atoms with Crippen molar-refractivity contribution >= 4 is 39.1 Å². The molecule has 0 saturated heterocycles. The van der Waals surface area contributed by atoms with Crippen molar-refractivity contribution in [2.24, 2.45) is 5.73 Å². The van der Waals surface area contributed by atoms with Gasteiger partial charge in [-0.1, -0.05) is 0 Å². The van der Waals surface area contributed by atoms with E-state index in [-0.39, 0.29) is 12.3 Å². The van der Waals surface area contributed by atoms with Gasteiger partial charge in [0.05, 0.1) is 13.0 Å². The predicted molar refractivity (Wildman–Crippen MR) is 64.1 cm³/mol. The van der Waals surface area contributed by atoms with Crippen LogP contribution in [0.5, 0.6) is 0 Å². The van der Waals surface area contributed by atoms with E-state index in [2.05, 4.69) is 21.2 Å². The molecule has 0 bridgehead atoms. The molecule has 1 amide bonds. The Balaban J connectivity index is 2.33. The Labute approximate surface area is 105 Å². The standard InChI is InChI=1S/C9H11BrN2O3S/c10-5-1-6(16-4-5)3-12-8(13)2-7(11)9(14)15/h1,4,7H,2-3,11H2,(H,12,13)(H,14,15). The number of nitrogens with one attached hydrogen (secondary N) is 1. The number of carbonyl (C=O) groups is 2. The molecular weight excluding hydrogens is 296 g/mol. The van der Waals surface area contributed by atoms with Crippen LogP contribution < -0.4 is 11.1 Å². The first-order valence-electron chi connectivity index (χ1n) is 4.47. The van der Waals surface area contributed by atoms with E-state index in [0.717, 1.165) is 9.35 Å². The maximum atomic E-state index is 11.3. The van der Waals surface area contributed by atoms with Gasteiger partial charge in [-0.3, -0.25) is 9.59 Å². The van der Waals surface area contributed by atoms with Crippen molar-refractivity contribution in [3.05, 3.63) is 20.8 Å². The number of aliphatic carboxylic acids is 1. The van der Waals surface area contributed by atoms with Crippen molar-refractivity contribution in [3.63, 3.8) is 0 Å². The first kappa shape index (κ1) is 13.1. The molecular formula is C9H11BrN2O3S. The molecule has 0 radical (unpaired) electrons. The van der Waals surface area contributed by atoms with E-state index in [1.807, 2.05) is 11.4 Å². The van der Waals surface area contributed by atoms with E-state index >= 15 is 0 Å². The fraction of sp³-hybridized carbons (Fsp3) is 0.333. The monoisotopic (exact) mass is 306 g/mol. The summed E-state index contributed by atoms with van der Waals surface area (Å²) >= 11 is 4.81. The number of amides is 1. The Kier molecular flexibility index (Phi) is 4.91. The summed E-state index contributed by atoms with van der Waals surface area (Å²) in [5.74, 6) is -1.53. The lowest BCUT2D eigenvalue weighted by Gasteiger charge is -2.06. The van der Waals surface area contributed by atoms with Crippen molar-refractivity contribution < 1.29 is 14.7 Å². The summed E-state index contributed by atoms with van der Waals surface area (Å²) in [6.45, 7) is 0.390. The maximum absolute atomic E-state index is 11.3. The fourth-order valence-corrected chi connectivity index (χ4v) is 2.38. The number of carbonyl (C=O) groups excluding carboxylic acids is 1. The summed E-state index contributed by atoms with van der Waals surface area (Å²) in [6, 6.07) is 0.747. The number of hydrogen-bond acceptors (Lipinski definition) is 4. The van der Waals surface area contributed by atoms with Gasteiger partial charge in [0.2, 0.25) is 5.91 Å². The number of rotatable bonds is 5. The molecule has 7 heteroatoms. The van der Waals surface area contributed by atoms with E-state index < -0.39 is 12.0 Å². The highest BCUT2D eigenvalue weighted by atomic mass is 79.9.